The van der Waals surface area contributed by atoms with Gasteiger partial charge in [0.15, 0.2) is 0 Å². The van der Waals surface area contributed by atoms with Crippen LogP contribution in [0.4, 0.5) is 0 Å². The molecule has 3 nitrogen and oxygen atoms in total. The quantitative estimate of drug-likeness (QED) is 0.876. The molecule has 0 spiro atoms. The number of ether oxygens (including phenoxy) is 1. The van der Waals surface area contributed by atoms with E-state index >= 15 is 0 Å². The number of hydrogen-bond acceptors (Lipinski definition) is 3. The predicted molar refractivity (Wildman–Crippen MR) is 82.6 cm³/mol. The van der Waals surface area contributed by atoms with Crippen molar-refractivity contribution in [2.45, 2.75) is 63.6 Å². The second-order valence-corrected chi connectivity index (χ2v) is 6.54. The largest absolute Gasteiger partial charge is 0.493 e. The lowest BCUT2D eigenvalue weighted by molar-refractivity contribution is -0.0302. The fourth-order valence-electron chi connectivity index (χ4n) is 3.67. The smallest absolute Gasteiger partial charge is 0.122 e. The van der Waals surface area contributed by atoms with Crippen molar-refractivity contribution in [1.82, 2.24) is 0 Å². The Morgan fingerprint density at radius 3 is 2.76 bits per heavy atom. The first kappa shape index (κ1) is 14.9. The summed E-state index contributed by atoms with van der Waals surface area (Å²) >= 11 is 0. The van der Waals surface area contributed by atoms with E-state index < -0.39 is 12.2 Å². The topological polar surface area (TPSA) is 49.7 Å². The molecule has 0 aromatic heterocycles. The van der Waals surface area contributed by atoms with E-state index in [1.54, 1.807) is 0 Å². The molecule has 3 rings (SSSR count). The summed E-state index contributed by atoms with van der Waals surface area (Å²) in [5.41, 5.74) is 2.50. The van der Waals surface area contributed by atoms with Crippen LogP contribution in [0.5, 0.6) is 5.75 Å². The van der Waals surface area contributed by atoms with E-state index in [0.717, 1.165) is 38.0 Å². The zero-order valence-electron chi connectivity index (χ0n) is 12.6. The molecule has 1 aliphatic heterocycles. The van der Waals surface area contributed by atoms with Crippen LogP contribution in [-0.2, 0) is 12.8 Å². The average molecular weight is 290 g/mol. The van der Waals surface area contributed by atoms with E-state index in [2.05, 4.69) is 12.1 Å². The Balaban J connectivity index is 1.51. The SMILES string of the molecule is OC(CCc1ccc2c(c1)CCO2)C(O)C1CCCCC1. The number of aryl methyl sites for hydroxylation is 1. The van der Waals surface area contributed by atoms with Gasteiger partial charge in [0.2, 0.25) is 0 Å². The second-order valence-electron chi connectivity index (χ2n) is 6.54. The molecule has 3 heteroatoms. The zero-order chi connectivity index (χ0) is 14.7. The van der Waals surface area contributed by atoms with Crippen LogP contribution in [0.2, 0.25) is 0 Å². The van der Waals surface area contributed by atoms with Crippen molar-refractivity contribution in [3.8, 4) is 5.75 Å². The first-order valence-corrected chi connectivity index (χ1v) is 8.35. The van der Waals surface area contributed by atoms with Crippen molar-refractivity contribution in [2.24, 2.45) is 5.92 Å². The summed E-state index contributed by atoms with van der Waals surface area (Å²) in [6.07, 6.45) is 7.07. The summed E-state index contributed by atoms with van der Waals surface area (Å²) in [4.78, 5) is 0. The van der Waals surface area contributed by atoms with Crippen molar-refractivity contribution in [2.75, 3.05) is 6.61 Å². The van der Waals surface area contributed by atoms with Gasteiger partial charge in [0.1, 0.15) is 5.75 Å². The fourth-order valence-corrected chi connectivity index (χ4v) is 3.67. The maximum atomic E-state index is 10.3. The van der Waals surface area contributed by atoms with E-state index in [-0.39, 0.29) is 0 Å². The first-order chi connectivity index (χ1) is 10.2. The molecule has 2 unspecified atom stereocenters. The normalized spacial score (nSPS) is 21.6. The maximum absolute atomic E-state index is 10.3. The molecule has 1 aliphatic carbocycles. The van der Waals surface area contributed by atoms with E-state index in [0.29, 0.717) is 12.3 Å². The molecular weight excluding hydrogens is 264 g/mol. The molecule has 1 heterocycles. The number of fused-ring (bicyclic) bond motifs is 1. The van der Waals surface area contributed by atoms with Gasteiger partial charge in [-0.15, -0.1) is 0 Å². The molecule has 1 aromatic rings. The van der Waals surface area contributed by atoms with Crippen LogP contribution in [-0.4, -0.2) is 29.0 Å². The molecule has 2 atom stereocenters. The molecular formula is C18H26O3. The summed E-state index contributed by atoms with van der Waals surface area (Å²) < 4.78 is 5.51. The van der Waals surface area contributed by atoms with E-state index in [4.69, 9.17) is 4.74 Å². The molecule has 0 bridgehead atoms. The fraction of sp³-hybridized carbons (Fsp3) is 0.667. The maximum Gasteiger partial charge on any atom is 0.122 e. The zero-order valence-corrected chi connectivity index (χ0v) is 12.6. The van der Waals surface area contributed by atoms with Crippen LogP contribution >= 0.6 is 0 Å². The standard InChI is InChI=1S/C18H26O3/c19-16(18(20)14-4-2-1-3-5-14)8-6-13-7-9-17-15(12-13)10-11-21-17/h7,9,12,14,16,18-20H,1-6,8,10-11H2. The molecule has 1 aromatic carbocycles. The number of hydrogen-bond donors (Lipinski definition) is 2. The minimum atomic E-state index is -0.599. The lowest BCUT2D eigenvalue weighted by atomic mass is 9.82. The van der Waals surface area contributed by atoms with Gasteiger partial charge in [0.25, 0.3) is 0 Å². The van der Waals surface area contributed by atoms with Gasteiger partial charge in [0.05, 0.1) is 18.8 Å². The lowest BCUT2D eigenvalue weighted by Crippen LogP contribution is -2.35. The molecule has 1 saturated carbocycles. The lowest BCUT2D eigenvalue weighted by Gasteiger charge is -2.29. The Morgan fingerprint density at radius 1 is 1.14 bits per heavy atom. The van der Waals surface area contributed by atoms with Crippen molar-refractivity contribution in [3.05, 3.63) is 29.3 Å². The van der Waals surface area contributed by atoms with Crippen LogP contribution in [0.3, 0.4) is 0 Å². The van der Waals surface area contributed by atoms with Gasteiger partial charge in [0, 0.05) is 6.42 Å². The Kier molecular flexibility index (Phi) is 4.81. The van der Waals surface area contributed by atoms with Gasteiger partial charge in [-0.25, -0.2) is 0 Å². The third-order valence-corrected chi connectivity index (χ3v) is 5.01. The number of aliphatic hydroxyl groups is 2. The van der Waals surface area contributed by atoms with Crippen LogP contribution in [0.1, 0.15) is 49.7 Å². The highest BCUT2D eigenvalue weighted by molar-refractivity contribution is 5.39. The average Bonchev–Trinajstić information content (AvgIpc) is 3.00. The Hall–Kier alpha value is -1.06. The number of benzene rings is 1. The monoisotopic (exact) mass is 290 g/mol. The van der Waals surface area contributed by atoms with Crippen molar-refractivity contribution >= 4 is 0 Å². The molecule has 1 fully saturated rings. The van der Waals surface area contributed by atoms with Gasteiger partial charge in [-0.2, -0.15) is 0 Å². The number of rotatable bonds is 5. The van der Waals surface area contributed by atoms with Gasteiger partial charge in [-0.1, -0.05) is 31.4 Å². The molecule has 21 heavy (non-hydrogen) atoms. The minimum Gasteiger partial charge on any atom is -0.493 e. The molecule has 0 radical (unpaired) electrons. The van der Waals surface area contributed by atoms with Crippen LogP contribution in [0.15, 0.2) is 18.2 Å². The summed E-state index contributed by atoms with van der Waals surface area (Å²) in [7, 11) is 0. The van der Waals surface area contributed by atoms with Gasteiger partial charge in [-0.05, 0) is 48.8 Å². The molecule has 0 saturated heterocycles. The third kappa shape index (κ3) is 3.58. The summed E-state index contributed by atoms with van der Waals surface area (Å²) in [6, 6.07) is 6.29. The Morgan fingerprint density at radius 2 is 1.95 bits per heavy atom. The predicted octanol–water partition coefficient (Wildman–Crippen LogP) is 2.86. The van der Waals surface area contributed by atoms with E-state index in [1.807, 2.05) is 6.07 Å². The molecule has 2 N–H and O–H groups in total. The van der Waals surface area contributed by atoms with Gasteiger partial charge < -0.3 is 14.9 Å². The summed E-state index contributed by atoms with van der Waals surface area (Å²) in [5, 5.41) is 20.6. The van der Waals surface area contributed by atoms with Gasteiger partial charge in [-0.3, -0.25) is 0 Å². The van der Waals surface area contributed by atoms with Crippen LogP contribution in [0, 0.1) is 5.92 Å². The number of aliphatic hydroxyl groups excluding tert-OH is 2. The highest BCUT2D eigenvalue weighted by Gasteiger charge is 2.27. The third-order valence-electron chi connectivity index (χ3n) is 5.01. The molecule has 2 aliphatic rings. The minimum absolute atomic E-state index is 0.294. The van der Waals surface area contributed by atoms with E-state index in [1.165, 1.54) is 30.4 Å². The summed E-state index contributed by atoms with van der Waals surface area (Å²) in [5.74, 6) is 1.30. The second kappa shape index (κ2) is 6.80. The Labute approximate surface area is 127 Å². The highest BCUT2D eigenvalue weighted by atomic mass is 16.5. The van der Waals surface area contributed by atoms with Crippen LogP contribution in [0.25, 0.3) is 0 Å². The van der Waals surface area contributed by atoms with Crippen molar-refractivity contribution < 1.29 is 14.9 Å². The molecule has 0 amide bonds. The summed E-state index contributed by atoms with van der Waals surface area (Å²) in [6.45, 7) is 0.780. The van der Waals surface area contributed by atoms with E-state index in [9.17, 15) is 10.2 Å². The first-order valence-electron chi connectivity index (χ1n) is 8.35. The molecule has 116 valence electrons. The van der Waals surface area contributed by atoms with Crippen LogP contribution < -0.4 is 4.74 Å². The van der Waals surface area contributed by atoms with Crippen molar-refractivity contribution in [3.63, 3.8) is 0 Å². The van der Waals surface area contributed by atoms with Crippen molar-refractivity contribution in [1.29, 1.82) is 0 Å². The Bertz CT molecular complexity index is 466. The van der Waals surface area contributed by atoms with Gasteiger partial charge >= 0.3 is 0 Å². The highest BCUT2D eigenvalue weighted by Crippen LogP contribution is 2.29.